The lowest BCUT2D eigenvalue weighted by Gasteiger charge is -2.29. The van der Waals surface area contributed by atoms with Crippen LogP contribution in [0.4, 0.5) is 10.1 Å². The summed E-state index contributed by atoms with van der Waals surface area (Å²) < 4.78 is 19.1. The molecule has 1 amide bonds. The molecule has 2 aromatic carbocycles. The largest absolute Gasteiger partial charge is 0.441 e. The topological polar surface area (TPSA) is 46.3 Å². The third-order valence-corrected chi connectivity index (χ3v) is 4.69. The SMILES string of the molecule is Cc1oc(-c2cccc(F)c2)nc1CC(=O)N1CCCc2ccccc21. The maximum Gasteiger partial charge on any atom is 0.233 e. The van der Waals surface area contributed by atoms with Crippen LogP contribution >= 0.6 is 0 Å². The van der Waals surface area contributed by atoms with Gasteiger partial charge in [-0.3, -0.25) is 4.79 Å². The standard InChI is InChI=1S/C21H19FN2O2/c1-14-18(23-21(26-14)16-7-4-9-17(22)12-16)13-20(25)24-11-5-8-15-6-2-3-10-19(15)24/h2-4,6-7,9-10,12H,5,8,11,13H2,1H3. The number of oxazole rings is 1. The molecule has 5 heteroatoms. The van der Waals surface area contributed by atoms with Crippen LogP contribution in [0.3, 0.4) is 0 Å². The van der Waals surface area contributed by atoms with E-state index in [-0.39, 0.29) is 18.1 Å². The molecule has 0 spiro atoms. The number of benzene rings is 2. The first kappa shape index (κ1) is 16.5. The highest BCUT2D eigenvalue weighted by Gasteiger charge is 2.24. The highest BCUT2D eigenvalue weighted by Crippen LogP contribution is 2.28. The molecular weight excluding hydrogens is 331 g/mol. The first-order valence-electron chi connectivity index (χ1n) is 8.72. The Kier molecular flexibility index (Phi) is 4.29. The molecule has 4 rings (SSSR count). The van der Waals surface area contributed by atoms with Crippen LogP contribution < -0.4 is 4.90 Å². The van der Waals surface area contributed by atoms with Gasteiger partial charge in [0.1, 0.15) is 11.6 Å². The average Bonchev–Trinajstić information content (AvgIpc) is 3.02. The summed E-state index contributed by atoms with van der Waals surface area (Å²) in [6.45, 7) is 2.49. The van der Waals surface area contributed by atoms with Crippen molar-refractivity contribution >= 4 is 11.6 Å². The van der Waals surface area contributed by atoms with Gasteiger partial charge in [0.05, 0.1) is 12.1 Å². The molecule has 0 unspecified atom stereocenters. The van der Waals surface area contributed by atoms with Crippen LogP contribution in [0.15, 0.2) is 52.9 Å². The second-order valence-corrected chi connectivity index (χ2v) is 6.49. The van der Waals surface area contributed by atoms with Crippen LogP contribution in [0, 0.1) is 12.7 Å². The van der Waals surface area contributed by atoms with Gasteiger partial charge in [0.2, 0.25) is 11.8 Å². The van der Waals surface area contributed by atoms with Gasteiger partial charge < -0.3 is 9.32 Å². The van der Waals surface area contributed by atoms with Gasteiger partial charge in [0.25, 0.3) is 0 Å². The van der Waals surface area contributed by atoms with Crippen molar-refractivity contribution in [3.05, 3.63) is 71.4 Å². The quantitative estimate of drug-likeness (QED) is 0.707. The number of hydrogen-bond acceptors (Lipinski definition) is 3. The molecule has 1 aliphatic heterocycles. The summed E-state index contributed by atoms with van der Waals surface area (Å²) in [5, 5.41) is 0. The van der Waals surface area contributed by atoms with Gasteiger partial charge >= 0.3 is 0 Å². The Labute approximate surface area is 151 Å². The molecule has 0 fully saturated rings. The summed E-state index contributed by atoms with van der Waals surface area (Å²) in [7, 11) is 0. The molecule has 0 N–H and O–H groups in total. The number of hydrogen-bond donors (Lipinski definition) is 0. The number of rotatable bonds is 3. The minimum atomic E-state index is -0.346. The van der Waals surface area contributed by atoms with Gasteiger partial charge in [0, 0.05) is 17.8 Å². The second-order valence-electron chi connectivity index (χ2n) is 6.49. The summed E-state index contributed by atoms with van der Waals surface area (Å²) in [5.41, 5.74) is 3.34. The van der Waals surface area contributed by atoms with E-state index in [2.05, 4.69) is 11.1 Å². The summed E-state index contributed by atoms with van der Waals surface area (Å²) in [4.78, 5) is 19.1. The summed E-state index contributed by atoms with van der Waals surface area (Å²) in [6.07, 6.45) is 2.11. The van der Waals surface area contributed by atoms with Crippen molar-refractivity contribution in [2.45, 2.75) is 26.2 Å². The fourth-order valence-electron chi connectivity index (χ4n) is 3.37. The number of amides is 1. The molecule has 26 heavy (non-hydrogen) atoms. The van der Waals surface area contributed by atoms with Crippen LogP contribution in [0.25, 0.3) is 11.5 Å². The highest BCUT2D eigenvalue weighted by molar-refractivity contribution is 5.95. The molecule has 1 aromatic heterocycles. The molecule has 0 saturated carbocycles. The van der Waals surface area contributed by atoms with Crippen molar-refractivity contribution in [1.29, 1.82) is 0 Å². The van der Waals surface area contributed by atoms with Gasteiger partial charge in [-0.05, 0) is 49.6 Å². The zero-order valence-electron chi connectivity index (χ0n) is 14.5. The Balaban J connectivity index is 1.58. The van der Waals surface area contributed by atoms with Gasteiger partial charge in [-0.2, -0.15) is 0 Å². The molecule has 2 heterocycles. The highest BCUT2D eigenvalue weighted by atomic mass is 19.1. The van der Waals surface area contributed by atoms with Gasteiger partial charge in [-0.25, -0.2) is 9.37 Å². The zero-order chi connectivity index (χ0) is 18.1. The summed E-state index contributed by atoms with van der Waals surface area (Å²) >= 11 is 0. The van der Waals surface area contributed by atoms with E-state index < -0.39 is 0 Å². The molecule has 3 aromatic rings. The maximum atomic E-state index is 13.4. The third-order valence-electron chi connectivity index (χ3n) is 4.69. The molecule has 4 nitrogen and oxygen atoms in total. The van der Waals surface area contributed by atoms with Crippen molar-refractivity contribution < 1.29 is 13.6 Å². The van der Waals surface area contributed by atoms with E-state index in [1.807, 2.05) is 23.1 Å². The van der Waals surface area contributed by atoms with E-state index in [1.165, 1.54) is 17.7 Å². The number of carbonyl (C=O) groups excluding carboxylic acids is 1. The van der Waals surface area contributed by atoms with E-state index in [4.69, 9.17) is 4.42 Å². The lowest BCUT2D eigenvalue weighted by atomic mass is 10.0. The fourth-order valence-corrected chi connectivity index (χ4v) is 3.37. The fraction of sp³-hybridized carbons (Fsp3) is 0.238. The molecule has 0 bridgehead atoms. The second kappa shape index (κ2) is 6.75. The molecule has 1 aliphatic rings. The predicted molar refractivity (Wildman–Crippen MR) is 97.5 cm³/mol. The van der Waals surface area contributed by atoms with E-state index in [1.54, 1.807) is 19.1 Å². The van der Waals surface area contributed by atoms with Crippen LogP contribution in [0.2, 0.25) is 0 Å². The Morgan fingerprint density at radius 1 is 1.23 bits per heavy atom. The van der Waals surface area contributed by atoms with Gasteiger partial charge in [-0.1, -0.05) is 24.3 Å². The number of fused-ring (bicyclic) bond motifs is 1. The minimum absolute atomic E-state index is 0.000609. The number of nitrogens with zero attached hydrogens (tertiary/aromatic N) is 2. The van der Waals surface area contributed by atoms with Crippen molar-refractivity contribution in [1.82, 2.24) is 4.98 Å². The number of para-hydroxylation sites is 1. The first-order valence-corrected chi connectivity index (χ1v) is 8.72. The molecule has 0 atom stereocenters. The van der Waals surface area contributed by atoms with E-state index in [0.29, 0.717) is 29.5 Å². The van der Waals surface area contributed by atoms with Crippen molar-refractivity contribution in [3.8, 4) is 11.5 Å². The van der Waals surface area contributed by atoms with E-state index in [9.17, 15) is 9.18 Å². The monoisotopic (exact) mass is 350 g/mol. The number of halogens is 1. The number of aromatic nitrogens is 1. The summed E-state index contributed by atoms with van der Waals surface area (Å²) in [5.74, 6) is 0.576. The van der Waals surface area contributed by atoms with Crippen molar-refractivity contribution in [2.75, 3.05) is 11.4 Å². The van der Waals surface area contributed by atoms with Crippen LogP contribution in [-0.4, -0.2) is 17.4 Å². The van der Waals surface area contributed by atoms with Crippen LogP contribution in [-0.2, 0) is 17.6 Å². The Morgan fingerprint density at radius 2 is 2.08 bits per heavy atom. The number of aryl methyl sites for hydroxylation is 2. The minimum Gasteiger partial charge on any atom is -0.441 e. The number of carbonyl (C=O) groups is 1. The van der Waals surface area contributed by atoms with Crippen molar-refractivity contribution in [2.24, 2.45) is 0 Å². The smallest absolute Gasteiger partial charge is 0.233 e. The van der Waals surface area contributed by atoms with Gasteiger partial charge in [-0.15, -0.1) is 0 Å². The Morgan fingerprint density at radius 3 is 2.92 bits per heavy atom. The van der Waals surface area contributed by atoms with E-state index in [0.717, 1.165) is 18.5 Å². The zero-order valence-corrected chi connectivity index (χ0v) is 14.5. The average molecular weight is 350 g/mol. The Bertz CT molecular complexity index is 964. The van der Waals surface area contributed by atoms with E-state index >= 15 is 0 Å². The normalized spacial score (nSPS) is 13.5. The summed E-state index contributed by atoms with van der Waals surface area (Å²) in [6, 6.07) is 14.1. The van der Waals surface area contributed by atoms with Crippen LogP contribution in [0.5, 0.6) is 0 Å². The van der Waals surface area contributed by atoms with Crippen molar-refractivity contribution in [3.63, 3.8) is 0 Å². The lowest BCUT2D eigenvalue weighted by molar-refractivity contribution is -0.118. The molecule has 132 valence electrons. The molecule has 0 radical (unpaired) electrons. The first-order chi connectivity index (χ1) is 12.6. The molecule has 0 saturated heterocycles. The van der Waals surface area contributed by atoms with Crippen LogP contribution in [0.1, 0.15) is 23.4 Å². The molecular formula is C21H19FN2O2. The third kappa shape index (κ3) is 3.12. The molecule has 0 aliphatic carbocycles. The number of anilines is 1. The Hall–Kier alpha value is -2.95. The van der Waals surface area contributed by atoms with Gasteiger partial charge in [0.15, 0.2) is 0 Å². The predicted octanol–water partition coefficient (Wildman–Crippen LogP) is 4.31. The lowest BCUT2D eigenvalue weighted by Crippen LogP contribution is -2.36. The maximum absolute atomic E-state index is 13.4.